The fraction of sp³-hybridized carbons (Fsp3) is 0.690. The summed E-state index contributed by atoms with van der Waals surface area (Å²) < 4.78 is 60.4. The molecular weight excluding hydrogens is 891 g/mol. The fourth-order valence-electron chi connectivity index (χ4n) is 5.27. The highest BCUT2D eigenvalue weighted by Gasteiger charge is 2.47. The van der Waals surface area contributed by atoms with Gasteiger partial charge in [0.15, 0.2) is 22.8 Å². The van der Waals surface area contributed by atoms with Gasteiger partial charge in [-0.05, 0) is 19.3 Å². The number of carboxylic acid groups (broad SMARTS) is 1. The van der Waals surface area contributed by atoms with Crippen LogP contribution in [-0.2, 0) is 55.5 Å². The lowest BCUT2D eigenvalue weighted by atomic mass is 9.87. The number of carboxylic acids is 1. The number of hydrogen-bond donors (Lipinski definition) is 6. The third kappa shape index (κ3) is 16.7. The van der Waals surface area contributed by atoms with Crippen LogP contribution < -0.4 is 41.0 Å². The molecule has 31 heteroatoms. The van der Waals surface area contributed by atoms with Gasteiger partial charge in [0.05, 0.1) is 33.5 Å². The van der Waals surface area contributed by atoms with Crippen LogP contribution in [0.15, 0.2) is 12.7 Å². The Labute approximate surface area is 345 Å². The van der Waals surface area contributed by atoms with Crippen LogP contribution in [0.25, 0.3) is 11.2 Å². The Morgan fingerprint density at radius 3 is 2.37 bits per heavy atom. The minimum absolute atomic E-state index is 0.0300. The molecule has 0 radical (unpaired) electrons. The first-order chi connectivity index (χ1) is 27.8. The highest BCUT2D eigenvalue weighted by molar-refractivity contribution is 8.13. The Kier molecular flexibility index (Phi) is 19.1. The maximum absolute atomic E-state index is 12.5. The number of aliphatic carboxylic acids is 1. The van der Waals surface area contributed by atoms with Crippen molar-refractivity contribution in [3.05, 3.63) is 12.7 Å². The van der Waals surface area contributed by atoms with Gasteiger partial charge in [0.1, 0.15) is 36.3 Å². The molecule has 27 nitrogen and oxygen atoms in total. The minimum Gasteiger partial charge on any atom is -0.790 e. The first-order valence-electron chi connectivity index (χ1n) is 17.7. The number of unbranched alkanes of at least 4 members (excludes halogenated alkanes) is 1. The van der Waals surface area contributed by atoms with E-state index in [2.05, 4.69) is 43.5 Å². The lowest BCUT2D eigenvalue weighted by molar-refractivity contribution is -0.347. The SMILES string of the molecule is CC(C)(COP(=O)([O-])OP(=O)([O-])OC[C@H]1O[C@@H](n2cnc3c(N)ncnc32)[C@H](O)[C@@H]1OP(=O)([O-])[O-])[C@@H](O)C(=O)NCCC(=O)NCCSC(=O)C[C@@H](O)CCCCC(=O)[O-]. The predicted octanol–water partition coefficient (Wildman–Crippen LogP) is -4.80. The quantitative estimate of drug-likeness (QED) is 0.0381. The van der Waals surface area contributed by atoms with Gasteiger partial charge in [-0.15, -0.1) is 0 Å². The van der Waals surface area contributed by atoms with Gasteiger partial charge >= 0.3 is 0 Å². The zero-order valence-corrected chi connectivity index (χ0v) is 35.3. The Morgan fingerprint density at radius 2 is 1.70 bits per heavy atom. The van der Waals surface area contributed by atoms with Crippen LogP contribution in [0.1, 0.15) is 58.6 Å². The monoisotopic (exact) mass is 934 g/mol. The van der Waals surface area contributed by atoms with Gasteiger partial charge in [-0.1, -0.05) is 32.0 Å². The number of rotatable bonds is 26. The Bertz CT molecular complexity index is 1950. The van der Waals surface area contributed by atoms with Crippen molar-refractivity contribution in [3.63, 3.8) is 0 Å². The van der Waals surface area contributed by atoms with E-state index in [-0.39, 0.29) is 66.6 Å². The molecule has 3 rings (SSSR count). The van der Waals surface area contributed by atoms with Crippen LogP contribution >= 0.6 is 35.2 Å². The number of nitrogens with zero attached hydrogens (tertiary/aromatic N) is 4. The van der Waals surface area contributed by atoms with Gasteiger partial charge in [0.25, 0.3) is 15.6 Å². The van der Waals surface area contributed by atoms with E-state index >= 15 is 0 Å². The zero-order chi connectivity index (χ0) is 45.1. The molecule has 1 aliphatic rings. The van der Waals surface area contributed by atoms with Crippen LogP contribution in [0.2, 0.25) is 0 Å². The summed E-state index contributed by atoms with van der Waals surface area (Å²) in [7, 11) is -17.7. The number of amides is 2. The van der Waals surface area contributed by atoms with Gasteiger partial charge < -0.3 is 84.0 Å². The van der Waals surface area contributed by atoms with Crippen molar-refractivity contribution < 1.29 is 95.5 Å². The third-order valence-corrected chi connectivity index (χ3v) is 12.2. The van der Waals surface area contributed by atoms with Crippen LogP contribution in [0.3, 0.4) is 0 Å². The van der Waals surface area contributed by atoms with Gasteiger partial charge in [-0.25, -0.2) is 19.3 Å². The number of nitrogen functional groups attached to an aromatic ring is 1. The number of thioether (sulfide) groups is 1. The molecule has 340 valence electrons. The van der Waals surface area contributed by atoms with Crippen molar-refractivity contribution in [2.45, 2.75) is 89.1 Å². The summed E-state index contributed by atoms with van der Waals surface area (Å²) >= 11 is 0.867. The summed E-state index contributed by atoms with van der Waals surface area (Å²) in [4.78, 5) is 106. The van der Waals surface area contributed by atoms with E-state index in [1.807, 2.05) is 0 Å². The van der Waals surface area contributed by atoms with E-state index in [4.69, 9.17) is 10.5 Å². The van der Waals surface area contributed by atoms with Crippen LogP contribution in [-0.4, -0.2) is 120 Å². The number of phosphoric ester groups is 3. The number of aromatic nitrogens is 4. The van der Waals surface area contributed by atoms with E-state index in [1.54, 1.807) is 0 Å². The van der Waals surface area contributed by atoms with E-state index in [1.165, 1.54) is 13.8 Å². The van der Waals surface area contributed by atoms with Crippen LogP contribution in [0.4, 0.5) is 5.82 Å². The summed E-state index contributed by atoms with van der Waals surface area (Å²) in [6, 6.07) is 0. The Morgan fingerprint density at radius 1 is 1.02 bits per heavy atom. The van der Waals surface area contributed by atoms with Gasteiger partial charge in [-0.2, -0.15) is 0 Å². The number of nitrogens with one attached hydrogen (secondary N) is 2. The molecule has 0 aliphatic carbocycles. The normalized spacial score (nSPS) is 21.5. The molecule has 2 amide bonds. The van der Waals surface area contributed by atoms with Crippen molar-refractivity contribution in [1.29, 1.82) is 0 Å². The average Bonchev–Trinajstić information content (AvgIpc) is 3.69. The molecule has 2 aromatic rings. The molecule has 0 spiro atoms. The number of hydrogen-bond acceptors (Lipinski definition) is 25. The van der Waals surface area contributed by atoms with Crippen molar-refractivity contribution in [3.8, 4) is 0 Å². The second-order valence-electron chi connectivity index (χ2n) is 13.7. The molecule has 3 heterocycles. The number of aliphatic hydroxyl groups excluding tert-OH is 3. The molecule has 8 atom stereocenters. The fourth-order valence-corrected chi connectivity index (χ4v) is 8.75. The lowest BCUT2D eigenvalue weighted by Gasteiger charge is -2.36. The summed E-state index contributed by atoms with van der Waals surface area (Å²) in [6.45, 7) is -0.213. The molecular formula is C29H43N7O20P3S-5. The van der Waals surface area contributed by atoms with E-state index in [0.29, 0.717) is 12.8 Å². The van der Waals surface area contributed by atoms with Crippen molar-refractivity contribution in [1.82, 2.24) is 30.2 Å². The standard InChI is InChI=1S/C29H48N7O20P3S/c1-29(2,24(43)27(44)32-8-7-18(38)31-9-10-60-20(41)11-16(37)5-3-4-6-19(39)40)13-53-59(50,51)56-58(48,49)52-12-17-23(55-57(45,46)47)22(42)28(54-17)36-15-35-21-25(30)33-14-34-26(21)36/h14-17,22-24,28,37,42-43H,3-13H2,1-2H3,(H,31,38)(H,32,44)(H,39,40)(H,48,49)(H,50,51)(H2,30,33,34)(H2,45,46,47)/p-5/t16-,17+,22+,23+,24-,28+/m0/s1. The number of phosphoric acid groups is 3. The molecule has 2 aromatic heterocycles. The maximum Gasteiger partial charge on any atom is 0.274 e. The van der Waals surface area contributed by atoms with E-state index in [9.17, 15) is 72.9 Å². The summed E-state index contributed by atoms with van der Waals surface area (Å²) in [5.74, 6) is -2.72. The summed E-state index contributed by atoms with van der Waals surface area (Å²) in [5, 5.41) is 46.1. The topological polar surface area (TPSA) is 435 Å². The van der Waals surface area contributed by atoms with Gasteiger partial charge in [0.2, 0.25) is 11.8 Å². The Hall–Kier alpha value is -3.01. The molecule has 0 aromatic carbocycles. The molecule has 0 saturated carbocycles. The predicted molar refractivity (Wildman–Crippen MR) is 192 cm³/mol. The number of fused-ring (bicyclic) bond motifs is 1. The first kappa shape index (κ1) is 51.3. The number of carbonyl (C=O) groups excluding carboxylic acids is 4. The van der Waals surface area contributed by atoms with Crippen molar-refractivity contribution in [2.24, 2.45) is 5.41 Å². The van der Waals surface area contributed by atoms with Gasteiger partial charge in [0, 0.05) is 43.1 Å². The molecule has 1 fully saturated rings. The highest BCUT2D eigenvalue weighted by Crippen LogP contribution is 2.56. The molecule has 0 bridgehead atoms. The molecule has 7 N–H and O–H groups in total. The molecule has 1 aliphatic heterocycles. The molecule has 60 heavy (non-hydrogen) atoms. The van der Waals surface area contributed by atoms with Crippen molar-refractivity contribution >= 4 is 75.1 Å². The summed E-state index contributed by atoms with van der Waals surface area (Å²) in [6.07, 6.45) is -8.08. The summed E-state index contributed by atoms with van der Waals surface area (Å²) in [5.41, 5.74) is 4.00. The highest BCUT2D eigenvalue weighted by atomic mass is 32.2. The van der Waals surface area contributed by atoms with Crippen LogP contribution in [0, 0.1) is 5.41 Å². The minimum atomic E-state index is -5.94. The second-order valence-corrected chi connectivity index (χ2v) is 18.9. The lowest BCUT2D eigenvalue weighted by Crippen LogP contribution is -2.46. The molecule has 2 unspecified atom stereocenters. The number of ether oxygens (including phenoxy) is 1. The first-order valence-corrected chi connectivity index (χ1v) is 23.0. The average molecular weight is 935 g/mol. The van der Waals surface area contributed by atoms with E-state index < -0.39 is 96.6 Å². The maximum atomic E-state index is 12.5. The van der Waals surface area contributed by atoms with Crippen molar-refractivity contribution in [2.75, 3.05) is 37.8 Å². The van der Waals surface area contributed by atoms with E-state index in [0.717, 1.165) is 29.0 Å². The third-order valence-electron chi connectivity index (χ3n) is 8.31. The number of imidazole rings is 1. The number of aliphatic hydroxyl groups is 3. The number of anilines is 1. The van der Waals surface area contributed by atoms with Gasteiger partial charge in [-0.3, -0.25) is 28.1 Å². The number of carbonyl (C=O) groups is 4. The smallest absolute Gasteiger partial charge is 0.274 e. The van der Waals surface area contributed by atoms with Crippen LogP contribution in [0.5, 0.6) is 0 Å². The zero-order valence-electron chi connectivity index (χ0n) is 31.8. The Balaban J connectivity index is 1.42. The molecule has 1 saturated heterocycles. The second kappa shape index (κ2) is 22.4. The largest absolute Gasteiger partial charge is 0.790 e. The number of nitrogens with two attached hydrogens (primary N) is 1.